The summed E-state index contributed by atoms with van der Waals surface area (Å²) in [6.07, 6.45) is 10.2. The predicted molar refractivity (Wildman–Crippen MR) is 140 cm³/mol. The van der Waals surface area contributed by atoms with Gasteiger partial charge in [0.1, 0.15) is 11.2 Å². The van der Waals surface area contributed by atoms with Gasteiger partial charge in [-0.1, -0.05) is 36.4 Å². The van der Waals surface area contributed by atoms with Crippen molar-refractivity contribution in [3.8, 4) is 0 Å². The molecule has 1 aliphatic heterocycles. The summed E-state index contributed by atoms with van der Waals surface area (Å²) in [5.74, 6) is 0.751. The lowest BCUT2D eigenvalue weighted by atomic mass is 9.99. The number of allylic oxidation sites excluding steroid dienone is 3. The van der Waals surface area contributed by atoms with Crippen molar-refractivity contribution in [1.82, 2.24) is 4.57 Å². The maximum Gasteiger partial charge on any atom is 0.377 e. The van der Waals surface area contributed by atoms with Crippen molar-refractivity contribution in [2.45, 2.75) is 33.9 Å². The number of rotatable bonds is 5. The van der Waals surface area contributed by atoms with Crippen LogP contribution in [0.2, 0.25) is 0 Å². The molecule has 0 bridgehead atoms. The van der Waals surface area contributed by atoms with Crippen LogP contribution in [0.4, 0.5) is 5.69 Å². The topological polar surface area (TPSA) is 42.3 Å². The van der Waals surface area contributed by atoms with Crippen molar-refractivity contribution in [2.75, 3.05) is 11.4 Å². The molecule has 1 aliphatic rings. The normalized spacial score (nSPS) is 15.6. The minimum Gasteiger partial charge on any atom is -0.398 e. The van der Waals surface area contributed by atoms with Gasteiger partial charge in [0.05, 0.1) is 10.6 Å². The van der Waals surface area contributed by atoms with Gasteiger partial charge in [-0.05, 0) is 50.6 Å². The summed E-state index contributed by atoms with van der Waals surface area (Å²) in [7, 11) is 0. The van der Waals surface area contributed by atoms with Crippen LogP contribution in [0.15, 0.2) is 76.1 Å². The Morgan fingerprint density at radius 1 is 1.00 bits per heavy atom. The quantitative estimate of drug-likeness (QED) is 0.414. The van der Waals surface area contributed by atoms with Crippen molar-refractivity contribution < 1.29 is 8.98 Å². The number of benzene rings is 2. The monoisotopic (exact) mass is 470 g/mol. The van der Waals surface area contributed by atoms with Crippen LogP contribution in [-0.4, -0.2) is 11.1 Å². The van der Waals surface area contributed by atoms with Crippen LogP contribution in [0.5, 0.6) is 0 Å². The molecule has 0 unspecified atom stereocenters. The number of hydrogen-bond donors (Lipinski definition) is 0. The van der Waals surface area contributed by atoms with Gasteiger partial charge in [-0.15, -0.1) is 11.3 Å². The molecule has 0 saturated heterocycles. The summed E-state index contributed by atoms with van der Waals surface area (Å²) in [6.45, 7) is 8.54. The van der Waals surface area contributed by atoms with Gasteiger partial charge in [-0.3, -0.25) is 9.36 Å². The molecule has 0 aliphatic carbocycles. The fourth-order valence-corrected chi connectivity index (χ4v) is 5.48. The summed E-state index contributed by atoms with van der Waals surface area (Å²) in [5.41, 5.74) is 5.39. The minimum absolute atomic E-state index is 0.0259. The Hall–Kier alpha value is -3.64. The van der Waals surface area contributed by atoms with Gasteiger partial charge in [0, 0.05) is 36.6 Å². The number of para-hydroxylation sites is 3. The molecule has 0 amide bonds. The molecule has 5 nitrogen and oxygen atoms in total. The zero-order valence-electron chi connectivity index (χ0n) is 19.7. The highest BCUT2D eigenvalue weighted by Crippen LogP contribution is 2.32. The number of thiazole rings is 1. The molecule has 172 valence electrons. The molecule has 2 aromatic carbocycles. The molecule has 0 spiro atoms. The van der Waals surface area contributed by atoms with Gasteiger partial charge < -0.3 is 9.32 Å². The van der Waals surface area contributed by atoms with Crippen LogP contribution in [-0.2, 0) is 13.1 Å². The Balaban J connectivity index is 1.63. The predicted octanol–water partition coefficient (Wildman–Crippen LogP) is 4.03. The third-order valence-electron chi connectivity index (χ3n) is 6.17. The number of anilines is 1. The van der Waals surface area contributed by atoms with Crippen molar-refractivity contribution in [3.05, 3.63) is 97.9 Å². The Morgan fingerprint density at radius 2 is 1.79 bits per heavy atom. The Morgan fingerprint density at radius 3 is 2.59 bits per heavy atom. The number of aryl methyl sites for hydroxylation is 1. The number of oxazole rings is 1. The van der Waals surface area contributed by atoms with E-state index in [1.165, 1.54) is 22.6 Å². The first kappa shape index (κ1) is 22.2. The standard InChI is InChI=1S/C28H28N3O2S/c1-4-29-18-17-20(21-11-7-8-12-22(21)29)15-16-25-28(32)31(6-3)27(34-25)19-26-30(5-2)23-13-9-10-14-24(23)33-26/h7-19H,4-6H2,1-3H3/q+1/b20-15+,25-16+. The van der Waals surface area contributed by atoms with Crippen LogP contribution in [0.3, 0.4) is 0 Å². The molecule has 2 aromatic heterocycles. The van der Waals surface area contributed by atoms with Gasteiger partial charge >= 0.3 is 5.89 Å². The molecule has 0 atom stereocenters. The van der Waals surface area contributed by atoms with Gasteiger partial charge in [0.2, 0.25) is 5.58 Å². The van der Waals surface area contributed by atoms with E-state index in [0.29, 0.717) is 11.1 Å². The van der Waals surface area contributed by atoms with Gasteiger partial charge in [0.25, 0.3) is 11.1 Å². The molecule has 4 aromatic rings. The molecule has 0 fully saturated rings. The van der Waals surface area contributed by atoms with Crippen LogP contribution < -0.4 is 24.2 Å². The van der Waals surface area contributed by atoms with E-state index in [-0.39, 0.29) is 5.56 Å². The fraction of sp³-hybridized carbons (Fsp3) is 0.214. The van der Waals surface area contributed by atoms with Crippen LogP contribution in [0, 0.1) is 0 Å². The maximum atomic E-state index is 13.2. The zero-order valence-corrected chi connectivity index (χ0v) is 20.5. The van der Waals surface area contributed by atoms with E-state index in [9.17, 15) is 4.79 Å². The van der Waals surface area contributed by atoms with E-state index < -0.39 is 0 Å². The zero-order chi connectivity index (χ0) is 23.7. The lowest BCUT2D eigenvalue weighted by molar-refractivity contribution is -0.674. The van der Waals surface area contributed by atoms with E-state index in [2.05, 4.69) is 65.9 Å². The Bertz CT molecular complexity index is 1600. The Kier molecular flexibility index (Phi) is 6.07. The molecular weight excluding hydrogens is 442 g/mol. The lowest BCUT2D eigenvalue weighted by Crippen LogP contribution is -2.35. The number of aromatic nitrogens is 2. The van der Waals surface area contributed by atoms with Crippen LogP contribution in [0.25, 0.3) is 28.8 Å². The first-order valence-electron chi connectivity index (χ1n) is 11.7. The van der Waals surface area contributed by atoms with Gasteiger partial charge in [0.15, 0.2) is 0 Å². The van der Waals surface area contributed by atoms with E-state index in [1.807, 2.05) is 47.9 Å². The SMILES string of the molecule is CCN1C=C/C(=C\C=c2\s/c(=C\c3oc4ccccc4[n+]3CC)n(CC)c2=O)c2ccccc21. The van der Waals surface area contributed by atoms with Crippen molar-refractivity contribution in [3.63, 3.8) is 0 Å². The molecular formula is C28H28N3O2S+. The van der Waals surface area contributed by atoms with E-state index in [4.69, 9.17) is 4.42 Å². The van der Waals surface area contributed by atoms with Crippen molar-refractivity contribution in [1.29, 1.82) is 0 Å². The van der Waals surface area contributed by atoms with Crippen molar-refractivity contribution in [2.24, 2.45) is 0 Å². The fourth-order valence-electron chi connectivity index (χ4n) is 4.44. The summed E-state index contributed by atoms with van der Waals surface area (Å²) in [5, 5.41) is 0. The lowest BCUT2D eigenvalue weighted by Gasteiger charge is -2.26. The average Bonchev–Trinajstić information content (AvgIpc) is 3.38. The summed E-state index contributed by atoms with van der Waals surface area (Å²) in [6, 6.07) is 16.4. The second kappa shape index (κ2) is 9.31. The molecule has 34 heavy (non-hydrogen) atoms. The summed E-state index contributed by atoms with van der Waals surface area (Å²) >= 11 is 1.50. The third kappa shape index (κ3) is 3.84. The second-order valence-electron chi connectivity index (χ2n) is 8.06. The number of fused-ring (bicyclic) bond motifs is 2. The third-order valence-corrected chi connectivity index (χ3v) is 7.24. The number of nitrogens with zero attached hydrogens (tertiary/aromatic N) is 3. The molecule has 6 heteroatoms. The number of hydrogen-bond acceptors (Lipinski definition) is 4. The molecule has 5 rings (SSSR count). The Labute approximate surface area is 202 Å². The van der Waals surface area contributed by atoms with E-state index >= 15 is 0 Å². The first-order valence-corrected chi connectivity index (χ1v) is 12.5. The van der Waals surface area contributed by atoms with Crippen LogP contribution >= 0.6 is 11.3 Å². The van der Waals surface area contributed by atoms with Crippen LogP contribution in [0.1, 0.15) is 32.2 Å². The highest BCUT2D eigenvalue weighted by molar-refractivity contribution is 7.07. The molecule has 3 heterocycles. The van der Waals surface area contributed by atoms with Gasteiger partial charge in [-0.2, -0.15) is 4.57 Å². The summed E-state index contributed by atoms with van der Waals surface area (Å²) in [4.78, 5) is 15.4. The van der Waals surface area contributed by atoms with E-state index in [1.54, 1.807) is 0 Å². The van der Waals surface area contributed by atoms with Crippen molar-refractivity contribution >= 4 is 45.8 Å². The highest BCUT2D eigenvalue weighted by atomic mass is 32.1. The minimum atomic E-state index is 0.0259. The first-order chi connectivity index (χ1) is 16.6. The summed E-state index contributed by atoms with van der Waals surface area (Å²) < 4.78 is 11.7. The molecule has 0 saturated carbocycles. The highest BCUT2D eigenvalue weighted by Gasteiger charge is 2.19. The molecule has 0 N–H and O–H groups in total. The van der Waals surface area contributed by atoms with E-state index in [0.717, 1.165) is 40.3 Å². The maximum absolute atomic E-state index is 13.2. The largest absolute Gasteiger partial charge is 0.398 e. The average molecular weight is 471 g/mol. The second-order valence-corrected chi connectivity index (χ2v) is 9.12. The van der Waals surface area contributed by atoms with Gasteiger partial charge in [-0.25, -0.2) is 0 Å². The smallest absolute Gasteiger partial charge is 0.377 e. The molecule has 0 radical (unpaired) electrons.